The van der Waals surface area contributed by atoms with E-state index in [-0.39, 0.29) is 23.6 Å². The first kappa shape index (κ1) is 23.5. The molecule has 6 heteroatoms. The lowest BCUT2D eigenvalue weighted by atomic mass is 9.81. The van der Waals surface area contributed by atoms with Crippen LogP contribution in [0.1, 0.15) is 49.8 Å². The molecule has 2 aromatic carbocycles. The summed E-state index contributed by atoms with van der Waals surface area (Å²) in [6.07, 6.45) is 3.85. The van der Waals surface area contributed by atoms with Gasteiger partial charge in [-0.3, -0.25) is 4.79 Å². The topological polar surface area (TPSA) is 66.5 Å². The Kier molecular flexibility index (Phi) is 7.89. The van der Waals surface area contributed by atoms with Crippen molar-refractivity contribution < 1.29 is 13.2 Å². The first-order valence-electron chi connectivity index (χ1n) is 11.1. The molecule has 0 aliphatic heterocycles. The van der Waals surface area contributed by atoms with Gasteiger partial charge in [-0.1, -0.05) is 55.5 Å². The van der Waals surface area contributed by atoms with Crippen molar-refractivity contribution in [2.24, 2.45) is 11.8 Å². The Morgan fingerprint density at radius 2 is 1.61 bits per heavy atom. The molecule has 3 rings (SSSR count). The van der Waals surface area contributed by atoms with Gasteiger partial charge in [0.1, 0.15) is 0 Å². The van der Waals surface area contributed by atoms with Gasteiger partial charge in [-0.05, 0) is 55.3 Å². The fourth-order valence-corrected chi connectivity index (χ4v) is 5.62. The number of hydrogen-bond donors (Lipinski definition) is 1. The molecule has 1 aliphatic rings. The van der Waals surface area contributed by atoms with E-state index in [1.165, 1.54) is 0 Å². The van der Waals surface area contributed by atoms with Gasteiger partial charge in [0.05, 0.1) is 16.7 Å². The summed E-state index contributed by atoms with van der Waals surface area (Å²) in [6, 6.07) is 17.1. The molecule has 0 radical (unpaired) electrons. The Hall–Kier alpha value is -2.18. The first-order valence-corrected chi connectivity index (χ1v) is 12.8. The average Bonchev–Trinajstić information content (AvgIpc) is 2.80. The van der Waals surface area contributed by atoms with Crippen LogP contribution in [0.4, 0.5) is 0 Å². The Bertz CT molecular complexity index is 965. The molecule has 1 fully saturated rings. The van der Waals surface area contributed by atoms with E-state index in [9.17, 15) is 13.2 Å². The van der Waals surface area contributed by atoms with Crippen LogP contribution in [-0.4, -0.2) is 45.6 Å². The van der Waals surface area contributed by atoms with Crippen molar-refractivity contribution in [1.29, 1.82) is 0 Å². The molecule has 1 N–H and O–H groups in total. The van der Waals surface area contributed by atoms with E-state index in [0.717, 1.165) is 43.4 Å². The second kappa shape index (κ2) is 10.4. The van der Waals surface area contributed by atoms with Gasteiger partial charge < -0.3 is 10.2 Å². The van der Waals surface area contributed by atoms with E-state index in [4.69, 9.17) is 0 Å². The van der Waals surface area contributed by atoms with E-state index in [0.29, 0.717) is 10.8 Å². The number of carbonyl (C=O) groups excluding carboxylic acids is 1. The number of amides is 1. The lowest BCUT2D eigenvalue weighted by Gasteiger charge is -2.31. The molecule has 0 bridgehead atoms. The molecule has 1 atom stereocenters. The molecule has 1 amide bonds. The van der Waals surface area contributed by atoms with Crippen LogP contribution in [0, 0.1) is 11.8 Å². The molecule has 0 aromatic heterocycles. The number of carbonyl (C=O) groups is 1. The summed E-state index contributed by atoms with van der Waals surface area (Å²) in [6.45, 7) is 2.48. The maximum absolute atomic E-state index is 12.8. The quantitative estimate of drug-likeness (QED) is 0.670. The Balaban J connectivity index is 1.78. The molecule has 5 nitrogen and oxygen atoms in total. The molecule has 0 saturated heterocycles. The van der Waals surface area contributed by atoms with Gasteiger partial charge in [0.25, 0.3) is 0 Å². The predicted molar refractivity (Wildman–Crippen MR) is 125 cm³/mol. The van der Waals surface area contributed by atoms with Gasteiger partial charge in [0.15, 0.2) is 9.84 Å². The molecule has 0 heterocycles. The van der Waals surface area contributed by atoms with Crippen molar-refractivity contribution in [2.45, 2.75) is 43.5 Å². The normalized spacial score (nSPS) is 20.2. The number of rotatable bonds is 8. The molecular weight excluding hydrogens is 408 g/mol. The molecular formula is C25H34N2O3S. The van der Waals surface area contributed by atoms with Crippen LogP contribution >= 0.6 is 0 Å². The Labute approximate surface area is 186 Å². The lowest BCUT2D eigenvalue weighted by Crippen LogP contribution is -2.35. The van der Waals surface area contributed by atoms with Crippen molar-refractivity contribution in [3.8, 4) is 0 Å². The minimum absolute atomic E-state index is 0.0788. The third-order valence-electron chi connectivity index (χ3n) is 6.33. The van der Waals surface area contributed by atoms with Crippen molar-refractivity contribution in [3.63, 3.8) is 0 Å². The Morgan fingerprint density at radius 3 is 2.23 bits per heavy atom. The summed E-state index contributed by atoms with van der Waals surface area (Å²) in [5.41, 5.74) is 1.85. The number of nitrogens with one attached hydrogen (secondary N) is 1. The maximum atomic E-state index is 12.8. The summed E-state index contributed by atoms with van der Waals surface area (Å²) in [5, 5.41) is 3.67. The molecule has 1 aliphatic carbocycles. The third-order valence-corrected chi connectivity index (χ3v) is 8.13. The second-order valence-corrected chi connectivity index (χ2v) is 10.9. The van der Waals surface area contributed by atoms with Crippen LogP contribution in [0.3, 0.4) is 0 Å². The highest BCUT2D eigenvalue weighted by Crippen LogP contribution is 2.32. The smallest absolute Gasteiger partial charge is 0.225 e. The average molecular weight is 443 g/mol. The summed E-state index contributed by atoms with van der Waals surface area (Å²) < 4.78 is 25.5. The van der Waals surface area contributed by atoms with E-state index in [1.54, 1.807) is 24.0 Å². The standard InChI is InChI=1S/C25H34N2O3S/c1-4-31(29,30)23-13-9-8-12-22(23)24(20-10-6-5-7-11-20)26-18-19-14-16-21(17-15-19)25(28)27(2)3/h5-13,19,21,24,26H,4,14-18H2,1-3H3. The fraction of sp³-hybridized carbons (Fsp3) is 0.480. The monoisotopic (exact) mass is 442 g/mol. The number of hydrogen-bond acceptors (Lipinski definition) is 4. The third kappa shape index (κ3) is 5.74. The van der Waals surface area contributed by atoms with Crippen LogP contribution < -0.4 is 5.32 Å². The predicted octanol–water partition coefficient (Wildman–Crippen LogP) is 4.05. The highest BCUT2D eigenvalue weighted by Gasteiger charge is 2.29. The first-order chi connectivity index (χ1) is 14.8. The van der Waals surface area contributed by atoms with Crippen molar-refractivity contribution >= 4 is 15.7 Å². The van der Waals surface area contributed by atoms with Crippen LogP contribution in [0.25, 0.3) is 0 Å². The molecule has 2 aromatic rings. The van der Waals surface area contributed by atoms with Crippen LogP contribution in [0.5, 0.6) is 0 Å². The molecule has 31 heavy (non-hydrogen) atoms. The van der Waals surface area contributed by atoms with Gasteiger partial charge >= 0.3 is 0 Å². The zero-order valence-corrected chi connectivity index (χ0v) is 19.6. The van der Waals surface area contributed by atoms with Crippen molar-refractivity contribution in [3.05, 3.63) is 65.7 Å². The molecule has 168 valence electrons. The van der Waals surface area contributed by atoms with Crippen LogP contribution in [-0.2, 0) is 14.6 Å². The van der Waals surface area contributed by atoms with Crippen molar-refractivity contribution in [2.75, 3.05) is 26.4 Å². The highest BCUT2D eigenvalue weighted by molar-refractivity contribution is 7.91. The van der Waals surface area contributed by atoms with E-state index >= 15 is 0 Å². The minimum atomic E-state index is -3.33. The molecule has 0 spiro atoms. The van der Waals surface area contributed by atoms with Crippen LogP contribution in [0.15, 0.2) is 59.5 Å². The molecule has 1 unspecified atom stereocenters. The fourth-order valence-electron chi connectivity index (χ4n) is 4.47. The summed E-state index contributed by atoms with van der Waals surface area (Å²) >= 11 is 0. The van der Waals surface area contributed by atoms with Gasteiger partial charge in [-0.15, -0.1) is 0 Å². The second-order valence-electron chi connectivity index (χ2n) is 8.64. The summed E-state index contributed by atoms with van der Waals surface area (Å²) in [7, 11) is 0.311. The van der Waals surface area contributed by atoms with E-state index in [2.05, 4.69) is 5.32 Å². The zero-order valence-electron chi connectivity index (χ0n) is 18.8. The summed E-state index contributed by atoms with van der Waals surface area (Å²) in [5.74, 6) is 0.918. The van der Waals surface area contributed by atoms with E-state index < -0.39 is 9.84 Å². The van der Waals surface area contributed by atoms with Crippen molar-refractivity contribution in [1.82, 2.24) is 10.2 Å². The van der Waals surface area contributed by atoms with Crippen LogP contribution in [0.2, 0.25) is 0 Å². The number of benzene rings is 2. The minimum Gasteiger partial charge on any atom is -0.349 e. The number of nitrogens with zero attached hydrogens (tertiary/aromatic N) is 1. The van der Waals surface area contributed by atoms with E-state index in [1.807, 2.05) is 56.6 Å². The molecule has 1 saturated carbocycles. The summed E-state index contributed by atoms with van der Waals surface area (Å²) in [4.78, 5) is 14.4. The van der Waals surface area contributed by atoms with Gasteiger partial charge in [-0.2, -0.15) is 0 Å². The Morgan fingerprint density at radius 1 is 1.00 bits per heavy atom. The van der Waals surface area contributed by atoms with Gasteiger partial charge in [-0.25, -0.2) is 8.42 Å². The highest BCUT2D eigenvalue weighted by atomic mass is 32.2. The largest absolute Gasteiger partial charge is 0.349 e. The van der Waals surface area contributed by atoms with Gasteiger partial charge in [0.2, 0.25) is 5.91 Å². The lowest BCUT2D eigenvalue weighted by molar-refractivity contribution is -0.134. The SMILES string of the molecule is CCS(=O)(=O)c1ccccc1C(NCC1CCC(C(=O)N(C)C)CC1)c1ccccc1. The zero-order chi connectivity index (χ0) is 22.4. The maximum Gasteiger partial charge on any atom is 0.225 e. The number of sulfone groups is 1. The van der Waals surface area contributed by atoms with Gasteiger partial charge in [0, 0.05) is 20.0 Å².